The fourth-order valence-corrected chi connectivity index (χ4v) is 3.61. The van der Waals surface area contributed by atoms with Gasteiger partial charge in [0.15, 0.2) is 5.13 Å². The molecule has 0 saturated heterocycles. The Morgan fingerprint density at radius 1 is 1.04 bits per heavy atom. The standard InChI is InChI=1S/C22H28N4OS/c1-2-3-4-5-6-7-13-27-21-11-10-19(16-24-21)25-22-26-20(17-28-22)14-18-9-8-12-23-15-18/h8-12,15-17H,2-7,13-14H2,1H3,(H,25,26). The number of unbranched alkanes of at least 4 members (excludes halogenated alkanes) is 5. The average Bonchev–Trinajstić information content (AvgIpc) is 3.16. The summed E-state index contributed by atoms with van der Waals surface area (Å²) in [4.78, 5) is 13.2. The van der Waals surface area contributed by atoms with Gasteiger partial charge in [0.25, 0.3) is 0 Å². The summed E-state index contributed by atoms with van der Waals surface area (Å²) >= 11 is 1.59. The van der Waals surface area contributed by atoms with Crippen molar-refractivity contribution in [2.24, 2.45) is 0 Å². The quantitative estimate of drug-likeness (QED) is 0.380. The molecule has 0 radical (unpaired) electrons. The number of nitrogens with zero attached hydrogens (tertiary/aromatic N) is 3. The fourth-order valence-electron chi connectivity index (χ4n) is 2.88. The molecule has 0 aliphatic carbocycles. The van der Waals surface area contributed by atoms with E-state index in [1.165, 1.54) is 32.1 Å². The van der Waals surface area contributed by atoms with Gasteiger partial charge in [-0.1, -0.05) is 45.1 Å². The Hall–Kier alpha value is -2.47. The van der Waals surface area contributed by atoms with Crippen LogP contribution in [0.2, 0.25) is 0 Å². The van der Waals surface area contributed by atoms with E-state index in [9.17, 15) is 0 Å². The van der Waals surface area contributed by atoms with Crippen LogP contribution < -0.4 is 10.1 Å². The van der Waals surface area contributed by atoms with Crippen LogP contribution in [-0.4, -0.2) is 21.6 Å². The predicted molar refractivity (Wildman–Crippen MR) is 116 cm³/mol. The highest BCUT2D eigenvalue weighted by Crippen LogP contribution is 2.23. The van der Waals surface area contributed by atoms with Crippen LogP contribution in [-0.2, 0) is 6.42 Å². The molecule has 0 amide bonds. The minimum absolute atomic E-state index is 0.676. The van der Waals surface area contributed by atoms with Crippen LogP contribution >= 0.6 is 11.3 Å². The van der Waals surface area contributed by atoms with Gasteiger partial charge in [0.05, 0.1) is 24.2 Å². The van der Waals surface area contributed by atoms with E-state index in [2.05, 4.69) is 38.6 Å². The number of rotatable bonds is 12. The Bertz CT molecular complexity index is 805. The van der Waals surface area contributed by atoms with Crippen molar-refractivity contribution in [3.05, 3.63) is 59.5 Å². The molecule has 28 heavy (non-hydrogen) atoms. The van der Waals surface area contributed by atoms with Crippen LogP contribution in [0.4, 0.5) is 10.8 Å². The molecule has 1 N–H and O–H groups in total. The fraction of sp³-hybridized carbons (Fsp3) is 0.409. The van der Waals surface area contributed by atoms with Crippen molar-refractivity contribution in [2.75, 3.05) is 11.9 Å². The Labute approximate surface area is 171 Å². The number of hydrogen-bond donors (Lipinski definition) is 1. The van der Waals surface area contributed by atoms with E-state index in [-0.39, 0.29) is 0 Å². The van der Waals surface area contributed by atoms with Crippen LogP contribution in [0.3, 0.4) is 0 Å². The Morgan fingerprint density at radius 3 is 2.71 bits per heavy atom. The lowest BCUT2D eigenvalue weighted by molar-refractivity contribution is 0.293. The number of pyridine rings is 2. The van der Waals surface area contributed by atoms with Gasteiger partial charge < -0.3 is 10.1 Å². The monoisotopic (exact) mass is 396 g/mol. The summed E-state index contributed by atoms with van der Waals surface area (Å²) in [6.45, 7) is 2.97. The van der Waals surface area contributed by atoms with E-state index in [0.29, 0.717) is 5.88 Å². The number of ether oxygens (including phenoxy) is 1. The molecule has 6 heteroatoms. The zero-order valence-corrected chi connectivity index (χ0v) is 17.3. The van der Waals surface area contributed by atoms with Gasteiger partial charge in [-0.3, -0.25) is 4.98 Å². The van der Waals surface area contributed by atoms with Gasteiger partial charge >= 0.3 is 0 Å². The predicted octanol–water partition coefficient (Wildman–Crippen LogP) is 6.01. The lowest BCUT2D eigenvalue weighted by atomic mass is 10.1. The SMILES string of the molecule is CCCCCCCCOc1ccc(Nc2nc(Cc3cccnc3)cs2)cn1. The Morgan fingerprint density at radius 2 is 1.93 bits per heavy atom. The molecule has 5 nitrogen and oxygen atoms in total. The zero-order valence-electron chi connectivity index (χ0n) is 16.4. The summed E-state index contributed by atoms with van der Waals surface area (Å²) in [5.41, 5.74) is 3.11. The summed E-state index contributed by atoms with van der Waals surface area (Å²) in [7, 11) is 0. The van der Waals surface area contributed by atoms with Crippen molar-refractivity contribution in [1.29, 1.82) is 0 Å². The highest BCUT2D eigenvalue weighted by Gasteiger charge is 2.05. The molecule has 0 aliphatic rings. The second-order valence-corrected chi connectivity index (χ2v) is 7.67. The lowest BCUT2D eigenvalue weighted by Crippen LogP contribution is -1.99. The van der Waals surface area contributed by atoms with Crippen molar-refractivity contribution in [2.45, 2.75) is 51.9 Å². The minimum atomic E-state index is 0.676. The van der Waals surface area contributed by atoms with E-state index in [0.717, 1.165) is 41.5 Å². The van der Waals surface area contributed by atoms with Crippen LogP contribution in [0.15, 0.2) is 48.2 Å². The molecular formula is C22H28N4OS. The third kappa shape index (κ3) is 6.93. The molecule has 148 valence electrons. The van der Waals surface area contributed by atoms with Crippen LogP contribution in [0.5, 0.6) is 5.88 Å². The molecule has 0 aromatic carbocycles. The maximum atomic E-state index is 5.73. The van der Waals surface area contributed by atoms with E-state index in [4.69, 9.17) is 4.74 Å². The van der Waals surface area contributed by atoms with Gasteiger partial charge in [0, 0.05) is 30.3 Å². The first-order valence-electron chi connectivity index (χ1n) is 10.0. The second kappa shape index (κ2) is 11.4. The first-order valence-corrected chi connectivity index (χ1v) is 10.9. The summed E-state index contributed by atoms with van der Waals surface area (Å²) in [5.74, 6) is 0.676. The lowest BCUT2D eigenvalue weighted by Gasteiger charge is -2.07. The molecule has 0 aliphatic heterocycles. The first-order chi connectivity index (χ1) is 13.8. The van der Waals surface area contributed by atoms with Crippen molar-refractivity contribution < 1.29 is 4.74 Å². The molecule has 3 aromatic heterocycles. The van der Waals surface area contributed by atoms with Crippen LogP contribution in [0, 0.1) is 0 Å². The highest BCUT2D eigenvalue weighted by atomic mass is 32.1. The van der Waals surface area contributed by atoms with Gasteiger partial charge in [0.1, 0.15) is 0 Å². The average molecular weight is 397 g/mol. The molecule has 3 heterocycles. The first kappa shape index (κ1) is 20.3. The number of aromatic nitrogens is 3. The number of thiazole rings is 1. The summed E-state index contributed by atoms with van der Waals surface area (Å²) < 4.78 is 5.73. The van der Waals surface area contributed by atoms with Gasteiger partial charge in [0.2, 0.25) is 5.88 Å². The minimum Gasteiger partial charge on any atom is -0.478 e. The van der Waals surface area contributed by atoms with Gasteiger partial charge in [-0.15, -0.1) is 11.3 Å². The zero-order chi connectivity index (χ0) is 19.4. The van der Waals surface area contributed by atoms with Crippen molar-refractivity contribution in [3.8, 4) is 5.88 Å². The van der Waals surface area contributed by atoms with E-state index in [1.807, 2.05) is 24.4 Å². The second-order valence-electron chi connectivity index (χ2n) is 6.81. The van der Waals surface area contributed by atoms with Crippen LogP contribution in [0.1, 0.15) is 56.7 Å². The number of nitrogens with one attached hydrogen (secondary N) is 1. The largest absolute Gasteiger partial charge is 0.478 e. The molecule has 3 aromatic rings. The smallest absolute Gasteiger partial charge is 0.213 e. The normalized spacial score (nSPS) is 10.8. The molecule has 0 spiro atoms. The number of anilines is 2. The Kier molecular flexibility index (Phi) is 8.25. The van der Waals surface area contributed by atoms with Gasteiger partial charge in [-0.05, 0) is 24.1 Å². The summed E-state index contributed by atoms with van der Waals surface area (Å²) in [5, 5.41) is 6.24. The Balaban J connectivity index is 1.41. The van der Waals surface area contributed by atoms with Gasteiger partial charge in [-0.25, -0.2) is 9.97 Å². The molecule has 0 atom stereocenters. The van der Waals surface area contributed by atoms with E-state index < -0.39 is 0 Å². The van der Waals surface area contributed by atoms with Crippen LogP contribution in [0.25, 0.3) is 0 Å². The molecule has 0 unspecified atom stereocenters. The molecule has 0 bridgehead atoms. The maximum absolute atomic E-state index is 5.73. The van der Waals surface area contributed by atoms with E-state index in [1.54, 1.807) is 23.7 Å². The molecule has 3 rings (SSSR count). The number of hydrogen-bond acceptors (Lipinski definition) is 6. The molecule has 0 fully saturated rings. The topological polar surface area (TPSA) is 59.9 Å². The molecule has 0 saturated carbocycles. The van der Waals surface area contributed by atoms with Crippen molar-refractivity contribution >= 4 is 22.2 Å². The third-order valence-electron chi connectivity index (χ3n) is 4.40. The van der Waals surface area contributed by atoms with E-state index >= 15 is 0 Å². The summed E-state index contributed by atoms with van der Waals surface area (Å²) in [6, 6.07) is 7.89. The van der Waals surface area contributed by atoms with Crippen molar-refractivity contribution in [1.82, 2.24) is 15.0 Å². The summed E-state index contributed by atoms with van der Waals surface area (Å²) in [6.07, 6.45) is 13.8. The molecular weight excluding hydrogens is 368 g/mol. The third-order valence-corrected chi connectivity index (χ3v) is 5.20. The van der Waals surface area contributed by atoms with Crippen molar-refractivity contribution in [3.63, 3.8) is 0 Å². The maximum Gasteiger partial charge on any atom is 0.213 e. The van der Waals surface area contributed by atoms with Gasteiger partial charge in [-0.2, -0.15) is 0 Å². The highest BCUT2D eigenvalue weighted by molar-refractivity contribution is 7.13.